The standard InChI is InChI=1S/C19H19FN2O3/c1-10(23)15-13(20)3-2-4-14(15)21-7-8-22-18(24)16-11-5-6-12(9-11)17(16)19(22)25/h2-6,11-12,16-17,21H,7-9H2,1H3. The molecule has 2 bridgehead atoms. The van der Waals surface area contributed by atoms with Gasteiger partial charge in [-0.25, -0.2) is 4.39 Å². The van der Waals surface area contributed by atoms with E-state index in [1.165, 1.54) is 24.0 Å². The van der Waals surface area contributed by atoms with Crippen molar-refractivity contribution in [1.82, 2.24) is 4.90 Å². The van der Waals surface area contributed by atoms with E-state index < -0.39 is 5.82 Å². The molecule has 1 saturated heterocycles. The highest BCUT2D eigenvalue weighted by Crippen LogP contribution is 2.52. The number of Topliss-reactive ketones (excluding diaryl/α,β-unsaturated/α-hetero) is 1. The molecule has 4 rings (SSSR count). The zero-order chi connectivity index (χ0) is 17.7. The van der Waals surface area contributed by atoms with Crippen molar-refractivity contribution in [3.63, 3.8) is 0 Å². The van der Waals surface area contributed by atoms with E-state index in [2.05, 4.69) is 17.5 Å². The van der Waals surface area contributed by atoms with Gasteiger partial charge in [-0.2, -0.15) is 0 Å². The summed E-state index contributed by atoms with van der Waals surface area (Å²) in [6.07, 6.45) is 5.03. The van der Waals surface area contributed by atoms with Crippen LogP contribution in [-0.2, 0) is 9.59 Å². The molecule has 4 unspecified atom stereocenters. The van der Waals surface area contributed by atoms with Crippen LogP contribution in [0.4, 0.5) is 10.1 Å². The van der Waals surface area contributed by atoms with E-state index in [-0.39, 0.29) is 59.9 Å². The lowest BCUT2D eigenvalue weighted by atomic mass is 9.85. The number of carbonyl (C=O) groups is 3. The average Bonchev–Trinajstić information content (AvgIpc) is 3.23. The first-order chi connectivity index (χ1) is 12.0. The van der Waals surface area contributed by atoms with Gasteiger partial charge >= 0.3 is 0 Å². The smallest absolute Gasteiger partial charge is 0.233 e. The molecule has 1 saturated carbocycles. The quantitative estimate of drug-likeness (QED) is 0.506. The molecule has 1 aliphatic heterocycles. The first-order valence-corrected chi connectivity index (χ1v) is 8.56. The summed E-state index contributed by atoms with van der Waals surface area (Å²) in [4.78, 5) is 38.1. The molecule has 2 amide bonds. The van der Waals surface area contributed by atoms with Crippen LogP contribution in [0.15, 0.2) is 30.4 Å². The van der Waals surface area contributed by atoms with Crippen LogP contribution < -0.4 is 5.32 Å². The highest BCUT2D eigenvalue weighted by atomic mass is 19.1. The molecule has 1 N–H and O–H groups in total. The average molecular weight is 342 g/mol. The predicted octanol–water partition coefficient (Wildman–Crippen LogP) is 2.25. The summed E-state index contributed by atoms with van der Waals surface area (Å²) in [7, 11) is 0. The maximum atomic E-state index is 13.8. The van der Waals surface area contributed by atoms with Gasteiger partial charge in [-0.3, -0.25) is 19.3 Å². The van der Waals surface area contributed by atoms with Crippen LogP contribution in [0.3, 0.4) is 0 Å². The minimum atomic E-state index is -0.581. The molecule has 130 valence electrons. The number of amides is 2. The van der Waals surface area contributed by atoms with Crippen molar-refractivity contribution in [3.8, 4) is 0 Å². The van der Waals surface area contributed by atoms with Gasteiger partial charge in [-0.1, -0.05) is 18.2 Å². The van der Waals surface area contributed by atoms with E-state index in [4.69, 9.17) is 0 Å². The Labute approximate surface area is 144 Å². The number of hydrogen-bond acceptors (Lipinski definition) is 4. The fourth-order valence-electron chi connectivity index (χ4n) is 4.52. The van der Waals surface area contributed by atoms with E-state index in [0.29, 0.717) is 5.69 Å². The van der Waals surface area contributed by atoms with Crippen molar-refractivity contribution >= 4 is 23.3 Å². The summed E-state index contributed by atoms with van der Waals surface area (Å²) >= 11 is 0. The fraction of sp³-hybridized carbons (Fsp3) is 0.421. The van der Waals surface area contributed by atoms with Gasteiger partial charge in [-0.05, 0) is 37.3 Å². The number of likely N-dealkylation sites (tertiary alicyclic amines) is 1. The number of imide groups is 1. The minimum Gasteiger partial charge on any atom is -0.383 e. The van der Waals surface area contributed by atoms with Gasteiger partial charge in [0.15, 0.2) is 5.78 Å². The van der Waals surface area contributed by atoms with Gasteiger partial charge in [0.05, 0.1) is 17.4 Å². The van der Waals surface area contributed by atoms with Gasteiger partial charge in [0.25, 0.3) is 0 Å². The molecular formula is C19H19FN2O3. The fourth-order valence-corrected chi connectivity index (χ4v) is 4.52. The summed E-state index contributed by atoms with van der Waals surface area (Å²) in [5.41, 5.74) is 0.384. The van der Waals surface area contributed by atoms with Crippen molar-refractivity contribution in [3.05, 3.63) is 41.7 Å². The summed E-state index contributed by atoms with van der Waals surface area (Å²) in [5.74, 6) is -1.17. The molecule has 5 nitrogen and oxygen atoms in total. The molecule has 1 heterocycles. The minimum absolute atomic E-state index is 0.000638. The topological polar surface area (TPSA) is 66.5 Å². The molecule has 1 aromatic rings. The third-order valence-corrected chi connectivity index (χ3v) is 5.58. The lowest BCUT2D eigenvalue weighted by Crippen LogP contribution is -2.36. The molecule has 2 fully saturated rings. The number of allylic oxidation sites excluding steroid dienone is 2. The Morgan fingerprint density at radius 3 is 2.44 bits per heavy atom. The van der Waals surface area contributed by atoms with Crippen molar-refractivity contribution in [2.24, 2.45) is 23.7 Å². The number of fused-ring (bicyclic) bond motifs is 5. The van der Waals surface area contributed by atoms with E-state index in [1.54, 1.807) is 6.07 Å². The van der Waals surface area contributed by atoms with Gasteiger partial charge in [-0.15, -0.1) is 0 Å². The summed E-state index contributed by atoms with van der Waals surface area (Å²) in [6, 6.07) is 4.37. The van der Waals surface area contributed by atoms with Crippen LogP contribution in [0.2, 0.25) is 0 Å². The molecule has 0 aromatic heterocycles. The number of ketones is 1. The van der Waals surface area contributed by atoms with E-state index in [0.717, 1.165) is 6.42 Å². The Kier molecular flexibility index (Phi) is 3.71. The third kappa shape index (κ3) is 2.39. The zero-order valence-corrected chi connectivity index (χ0v) is 13.9. The van der Waals surface area contributed by atoms with Gasteiger partial charge in [0.1, 0.15) is 5.82 Å². The number of benzene rings is 1. The van der Waals surface area contributed by atoms with Gasteiger partial charge in [0.2, 0.25) is 11.8 Å². The van der Waals surface area contributed by atoms with Crippen LogP contribution in [0.1, 0.15) is 23.7 Å². The number of anilines is 1. The van der Waals surface area contributed by atoms with Crippen LogP contribution >= 0.6 is 0 Å². The molecule has 25 heavy (non-hydrogen) atoms. The van der Waals surface area contributed by atoms with E-state index >= 15 is 0 Å². The molecule has 6 heteroatoms. The van der Waals surface area contributed by atoms with E-state index in [1.807, 2.05) is 0 Å². The van der Waals surface area contributed by atoms with Gasteiger partial charge < -0.3 is 5.32 Å². The summed E-state index contributed by atoms with van der Waals surface area (Å²) < 4.78 is 13.8. The van der Waals surface area contributed by atoms with E-state index in [9.17, 15) is 18.8 Å². The largest absolute Gasteiger partial charge is 0.383 e. The van der Waals surface area contributed by atoms with Crippen LogP contribution in [0.25, 0.3) is 0 Å². The van der Waals surface area contributed by atoms with Gasteiger partial charge in [0, 0.05) is 18.8 Å². The SMILES string of the molecule is CC(=O)c1c(F)cccc1NCCN1C(=O)C2C3C=CC(C3)C2C1=O. The van der Waals surface area contributed by atoms with Crippen LogP contribution in [-0.4, -0.2) is 35.6 Å². The third-order valence-electron chi connectivity index (χ3n) is 5.58. The number of rotatable bonds is 5. The number of hydrogen-bond donors (Lipinski definition) is 1. The predicted molar refractivity (Wildman–Crippen MR) is 89.3 cm³/mol. The molecule has 1 aromatic carbocycles. The molecule has 0 spiro atoms. The number of nitrogens with zero attached hydrogens (tertiary/aromatic N) is 1. The van der Waals surface area contributed by atoms with Crippen LogP contribution in [0.5, 0.6) is 0 Å². The van der Waals surface area contributed by atoms with Crippen molar-refractivity contribution in [2.75, 3.05) is 18.4 Å². The number of halogens is 1. The normalized spacial score (nSPS) is 29.4. The Hall–Kier alpha value is -2.50. The molecular weight excluding hydrogens is 323 g/mol. The Bertz CT molecular complexity index is 774. The maximum absolute atomic E-state index is 13.8. The number of nitrogens with one attached hydrogen (secondary N) is 1. The lowest BCUT2D eigenvalue weighted by Gasteiger charge is -2.18. The monoisotopic (exact) mass is 342 g/mol. The molecule has 0 radical (unpaired) electrons. The first kappa shape index (κ1) is 16.0. The summed E-state index contributed by atoms with van der Waals surface area (Å²) in [6.45, 7) is 1.81. The second kappa shape index (κ2) is 5.79. The Balaban J connectivity index is 1.44. The number of carbonyl (C=O) groups excluding carboxylic acids is 3. The molecule has 4 atom stereocenters. The second-order valence-electron chi connectivity index (χ2n) is 6.97. The molecule has 3 aliphatic rings. The molecule has 2 aliphatic carbocycles. The Morgan fingerprint density at radius 2 is 1.84 bits per heavy atom. The van der Waals surface area contributed by atoms with Crippen molar-refractivity contribution in [1.29, 1.82) is 0 Å². The highest BCUT2D eigenvalue weighted by Gasteiger charge is 2.58. The summed E-state index contributed by atoms with van der Waals surface area (Å²) in [5, 5.41) is 2.98. The lowest BCUT2D eigenvalue weighted by molar-refractivity contribution is -0.140. The second-order valence-corrected chi connectivity index (χ2v) is 6.97. The Morgan fingerprint density at radius 1 is 1.20 bits per heavy atom. The van der Waals surface area contributed by atoms with Crippen LogP contribution in [0, 0.1) is 29.5 Å². The highest BCUT2D eigenvalue weighted by molar-refractivity contribution is 6.06. The van der Waals surface area contributed by atoms with Crippen molar-refractivity contribution < 1.29 is 18.8 Å². The maximum Gasteiger partial charge on any atom is 0.233 e. The van der Waals surface area contributed by atoms with Crippen molar-refractivity contribution in [2.45, 2.75) is 13.3 Å². The first-order valence-electron chi connectivity index (χ1n) is 8.56. The zero-order valence-electron chi connectivity index (χ0n) is 13.9.